The summed E-state index contributed by atoms with van der Waals surface area (Å²) in [5.41, 5.74) is 6.82. The fourth-order valence-corrected chi connectivity index (χ4v) is 5.42. The van der Waals surface area contributed by atoms with Gasteiger partial charge in [0.1, 0.15) is 5.75 Å². The molecule has 8 heteroatoms. The first-order chi connectivity index (χ1) is 20.8. The molecule has 222 valence electrons. The summed E-state index contributed by atoms with van der Waals surface area (Å²) in [7, 11) is 1.69. The molecule has 0 aromatic heterocycles. The van der Waals surface area contributed by atoms with Crippen LogP contribution in [-0.2, 0) is 0 Å². The van der Waals surface area contributed by atoms with Crippen LogP contribution in [0.2, 0.25) is 0 Å². The van der Waals surface area contributed by atoms with Crippen molar-refractivity contribution >= 4 is 34.7 Å². The number of nitrogens with zero attached hydrogens (tertiary/aromatic N) is 2. The van der Waals surface area contributed by atoms with E-state index in [1.165, 1.54) is 0 Å². The molecule has 1 aliphatic heterocycles. The van der Waals surface area contributed by atoms with Crippen molar-refractivity contribution in [3.05, 3.63) is 113 Å². The maximum absolute atomic E-state index is 13.8. The van der Waals surface area contributed by atoms with Crippen molar-refractivity contribution in [2.45, 2.75) is 26.8 Å². The first kappa shape index (κ1) is 29.5. The fraction of sp³-hybridized carbons (Fsp3) is 0.257. The zero-order chi connectivity index (χ0) is 30.3. The number of urea groups is 1. The predicted molar refractivity (Wildman–Crippen MR) is 175 cm³/mol. The number of methoxy groups -OCH3 is 1. The number of hydrogen-bond acceptors (Lipinski definition) is 5. The van der Waals surface area contributed by atoms with Crippen molar-refractivity contribution in [2.75, 3.05) is 53.7 Å². The number of ether oxygens (including phenoxy) is 1. The van der Waals surface area contributed by atoms with Crippen LogP contribution in [0.5, 0.6) is 5.75 Å². The molecule has 1 aliphatic rings. The maximum atomic E-state index is 13.8. The van der Waals surface area contributed by atoms with Gasteiger partial charge in [-0.15, -0.1) is 0 Å². The Balaban J connectivity index is 1.37. The molecule has 1 fully saturated rings. The molecule has 0 aliphatic carbocycles. The lowest BCUT2D eigenvalue weighted by Crippen LogP contribution is -2.47. The quantitative estimate of drug-likeness (QED) is 0.215. The van der Waals surface area contributed by atoms with Gasteiger partial charge in [0.05, 0.1) is 24.4 Å². The molecule has 0 spiro atoms. The second-order valence-electron chi connectivity index (χ2n) is 10.8. The summed E-state index contributed by atoms with van der Waals surface area (Å²) in [6.45, 7) is 8.97. The number of para-hydroxylation sites is 2. The minimum Gasteiger partial charge on any atom is -0.495 e. The molecule has 3 N–H and O–H groups in total. The SMILES string of the molecule is COc1ccccc1N1CCN(c2ccc(NC(=O)Nc3cccc(C)c3C)cc2C(=O)NC(C)c2ccccc2)CC1. The summed E-state index contributed by atoms with van der Waals surface area (Å²) in [4.78, 5) is 31.3. The fourth-order valence-electron chi connectivity index (χ4n) is 5.42. The molecule has 5 rings (SSSR count). The molecule has 4 aromatic carbocycles. The number of hydrogen-bond donors (Lipinski definition) is 3. The minimum absolute atomic E-state index is 0.187. The molecule has 1 atom stereocenters. The third-order valence-electron chi connectivity index (χ3n) is 8.05. The van der Waals surface area contributed by atoms with E-state index in [-0.39, 0.29) is 18.0 Å². The Bertz CT molecular complexity index is 1580. The number of aryl methyl sites for hydroxylation is 1. The highest BCUT2D eigenvalue weighted by atomic mass is 16.5. The molecule has 1 heterocycles. The van der Waals surface area contributed by atoms with Crippen LogP contribution in [0.25, 0.3) is 0 Å². The van der Waals surface area contributed by atoms with Gasteiger partial charge in [0, 0.05) is 43.2 Å². The van der Waals surface area contributed by atoms with E-state index in [9.17, 15) is 9.59 Å². The first-order valence-electron chi connectivity index (χ1n) is 14.6. The number of carbonyl (C=O) groups is 2. The maximum Gasteiger partial charge on any atom is 0.323 e. The summed E-state index contributed by atoms with van der Waals surface area (Å²) >= 11 is 0. The average Bonchev–Trinajstić information content (AvgIpc) is 3.03. The topological polar surface area (TPSA) is 85.9 Å². The zero-order valence-electron chi connectivity index (χ0n) is 25.2. The number of rotatable bonds is 8. The van der Waals surface area contributed by atoms with E-state index in [1.807, 2.05) is 99.6 Å². The van der Waals surface area contributed by atoms with E-state index >= 15 is 0 Å². The van der Waals surface area contributed by atoms with Gasteiger partial charge >= 0.3 is 6.03 Å². The van der Waals surface area contributed by atoms with Crippen molar-refractivity contribution in [3.63, 3.8) is 0 Å². The van der Waals surface area contributed by atoms with Gasteiger partial charge in [-0.3, -0.25) is 4.79 Å². The summed E-state index contributed by atoms with van der Waals surface area (Å²) in [5.74, 6) is 0.651. The molecule has 1 unspecified atom stereocenters. The first-order valence-corrected chi connectivity index (χ1v) is 14.6. The number of benzene rings is 4. The number of carbonyl (C=O) groups excluding carboxylic acids is 2. The van der Waals surface area contributed by atoms with Crippen LogP contribution in [0.3, 0.4) is 0 Å². The van der Waals surface area contributed by atoms with E-state index in [0.29, 0.717) is 11.3 Å². The Morgan fingerprint density at radius 2 is 1.44 bits per heavy atom. The van der Waals surface area contributed by atoms with Gasteiger partial charge in [-0.25, -0.2) is 4.79 Å². The Labute approximate surface area is 253 Å². The molecular formula is C35H39N5O3. The normalized spacial score (nSPS) is 13.7. The molecular weight excluding hydrogens is 538 g/mol. The van der Waals surface area contributed by atoms with E-state index in [4.69, 9.17) is 4.74 Å². The summed E-state index contributed by atoms with van der Waals surface area (Å²) in [5, 5.41) is 9.01. The van der Waals surface area contributed by atoms with E-state index < -0.39 is 0 Å². The van der Waals surface area contributed by atoms with Crippen molar-refractivity contribution in [2.24, 2.45) is 0 Å². The van der Waals surface area contributed by atoms with Crippen molar-refractivity contribution < 1.29 is 14.3 Å². The Morgan fingerprint density at radius 1 is 0.767 bits per heavy atom. The average molecular weight is 578 g/mol. The molecule has 3 amide bonds. The summed E-state index contributed by atoms with van der Waals surface area (Å²) in [6, 6.07) is 28.7. The standard InChI is InChI=1S/C35H39N5O3/c1-24-11-10-14-30(25(24)2)38-35(42)37-28-17-18-31(29(23-28)34(41)36-26(3)27-12-6-5-7-13-27)39-19-21-40(22-20-39)32-15-8-9-16-33(32)43-4/h5-18,23,26H,19-22H2,1-4H3,(H,36,41)(H2,37,38,42). The molecule has 4 aromatic rings. The van der Waals surface area contributed by atoms with Gasteiger partial charge in [-0.1, -0.05) is 54.6 Å². The Kier molecular flexibility index (Phi) is 9.15. The van der Waals surface area contributed by atoms with Crippen LogP contribution in [-0.4, -0.2) is 45.2 Å². The van der Waals surface area contributed by atoms with E-state index in [1.54, 1.807) is 13.2 Å². The molecule has 0 radical (unpaired) electrons. The van der Waals surface area contributed by atoms with Crippen LogP contribution < -0.4 is 30.5 Å². The molecule has 0 saturated carbocycles. The molecule has 43 heavy (non-hydrogen) atoms. The third-order valence-corrected chi connectivity index (χ3v) is 8.05. The number of anilines is 4. The lowest BCUT2D eigenvalue weighted by molar-refractivity contribution is 0.0940. The molecule has 0 bridgehead atoms. The largest absolute Gasteiger partial charge is 0.495 e. The van der Waals surface area contributed by atoms with Crippen molar-refractivity contribution in [1.82, 2.24) is 5.32 Å². The minimum atomic E-state index is -0.365. The molecule has 8 nitrogen and oxygen atoms in total. The van der Waals surface area contributed by atoms with Gasteiger partial charge < -0.3 is 30.5 Å². The van der Waals surface area contributed by atoms with Gasteiger partial charge in [0.25, 0.3) is 5.91 Å². The van der Waals surface area contributed by atoms with Crippen molar-refractivity contribution in [3.8, 4) is 5.75 Å². The van der Waals surface area contributed by atoms with Crippen LogP contribution in [0, 0.1) is 13.8 Å². The van der Waals surface area contributed by atoms with Crippen molar-refractivity contribution in [1.29, 1.82) is 0 Å². The van der Waals surface area contributed by atoms with Crippen LogP contribution in [0.4, 0.5) is 27.5 Å². The number of nitrogens with one attached hydrogen (secondary N) is 3. The summed E-state index contributed by atoms with van der Waals surface area (Å²) in [6.07, 6.45) is 0. The second kappa shape index (κ2) is 13.3. The van der Waals surface area contributed by atoms with E-state index in [2.05, 4.69) is 31.8 Å². The molecule has 1 saturated heterocycles. The summed E-state index contributed by atoms with van der Waals surface area (Å²) < 4.78 is 5.58. The van der Waals surface area contributed by atoms with E-state index in [0.717, 1.165) is 65.7 Å². The van der Waals surface area contributed by atoms with Gasteiger partial charge in [0.2, 0.25) is 0 Å². The van der Waals surface area contributed by atoms with Gasteiger partial charge in [0.15, 0.2) is 0 Å². The van der Waals surface area contributed by atoms with Crippen LogP contribution in [0.15, 0.2) is 91.0 Å². The van der Waals surface area contributed by atoms with Crippen LogP contribution >= 0.6 is 0 Å². The van der Waals surface area contributed by atoms with Gasteiger partial charge in [-0.2, -0.15) is 0 Å². The zero-order valence-corrected chi connectivity index (χ0v) is 25.2. The van der Waals surface area contributed by atoms with Crippen LogP contribution in [0.1, 0.15) is 40.0 Å². The Hall–Kier alpha value is -4.98. The number of amides is 3. The van der Waals surface area contributed by atoms with Gasteiger partial charge in [-0.05, 0) is 73.9 Å². The lowest BCUT2D eigenvalue weighted by Gasteiger charge is -2.38. The highest BCUT2D eigenvalue weighted by Gasteiger charge is 2.24. The second-order valence-corrected chi connectivity index (χ2v) is 10.8. The smallest absolute Gasteiger partial charge is 0.323 e. The Morgan fingerprint density at radius 3 is 2.16 bits per heavy atom. The monoisotopic (exact) mass is 577 g/mol. The highest BCUT2D eigenvalue weighted by Crippen LogP contribution is 2.31. The predicted octanol–water partition coefficient (Wildman–Crippen LogP) is 6.77. The highest BCUT2D eigenvalue weighted by molar-refractivity contribution is 6.04. The third kappa shape index (κ3) is 6.92. The number of piperazine rings is 1. The lowest BCUT2D eigenvalue weighted by atomic mass is 10.1.